The lowest BCUT2D eigenvalue weighted by atomic mass is 9.72. The van der Waals surface area contributed by atoms with E-state index >= 15 is 0 Å². The minimum atomic E-state index is -0.615. The Balaban J connectivity index is 1.56. The van der Waals surface area contributed by atoms with Gasteiger partial charge in [-0.2, -0.15) is 0 Å². The highest BCUT2D eigenvalue weighted by Gasteiger charge is 2.44. The smallest absolute Gasteiger partial charge is 0.248 e. The number of rotatable bonds is 4. The van der Waals surface area contributed by atoms with Gasteiger partial charge in [-0.15, -0.1) is 0 Å². The zero-order valence-electron chi connectivity index (χ0n) is 14.6. The van der Waals surface area contributed by atoms with Crippen molar-refractivity contribution in [2.45, 2.75) is 95.3 Å². The van der Waals surface area contributed by atoms with Gasteiger partial charge in [-0.25, -0.2) is 0 Å². The molecule has 2 saturated carbocycles. The first-order valence-electron chi connectivity index (χ1n) is 9.71. The quantitative estimate of drug-likeness (QED) is 0.864. The predicted molar refractivity (Wildman–Crippen MR) is 90.1 cm³/mol. The van der Waals surface area contributed by atoms with Gasteiger partial charge in [0.2, 0.25) is 5.91 Å². The molecule has 1 saturated heterocycles. The first kappa shape index (κ1) is 17.2. The molecular weight excluding hydrogens is 290 g/mol. The second-order valence-electron chi connectivity index (χ2n) is 8.08. The SMILES string of the molecule is C[C@]1(O)CCCC[C@@H]1[C@@H]1CCCN1C(=O)COC1CCCCC1. The van der Waals surface area contributed by atoms with Gasteiger partial charge in [0.15, 0.2) is 0 Å². The van der Waals surface area contributed by atoms with Gasteiger partial charge >= 0.3 is 0 Å². The van der Waals surface area contributed by atoms with Crippen molar-refractivity contribution in [1.82, 2.24) is 4.90 Å². The number of aliphatic hydroxyl groups is 1. The van der Waals surface area contributed by atoms with Crippen molar-refractivity contribution in [3.05, 3.63) is 0 Å². The van der Waals surface area contributed by atoms with Gasteiger partial charge in [0.1, 0.15) is 6.61 Å². The molecule has 0 unspecified atom stereocenters. The van der Waals surface area contributed by atoms with E-state index in [1.54, 1.807) is 0 Å². The molecule has 0 radical (unpaired) electrons. The van der Waals surface area contributed by atoms with E-state index < -0.39 is 5.60 Å². The maximum atomic E-state index is 12.7. The van der Waals surface area contributed by atoms with Crippen molar-refractivity contribution in [3.63, 3.8) is 0 Å². The predicted octanol–water partition coefficient (Wildman–Crippen LogP) is 3.27. The number of hydrogen-bond donors (Lipinski definition) is 1. The molecule has 1 amide bonds. The second kappa shape index (κ2) is 7.52. The summed E-state index contributed by atoms with van der Waals surface area (Å²) in [5.74, 6) is 0.372. The van der Waals surface area contributed by atoms with Gasteiger partial charge in [-0.1, -0.05) is 32.1 Å². The molecule has 1 heterocycles. The number of carbonyl (C=O) groups excluding carboxylic acids is 1. The van der Waals surface area contributed by atoms with Crippen molar-refractivity contribution >= 4 is 5.91 Å². The first-order chi connectivity index (χ1) is 11.1. The highest BCUT2D eigenvalue weighted by Crippen LogP contribution is 2.40. The minimum Gasteiger partial charge on any atom is -0.390 e. The fourth-order valence-electron chi connectivity index (χ4n) is 4.97. The van der Waals surface area contributed by atoms with E-state index in [2.05, 4.69) is 0 Å². The summed E-state index contributed by atoms with van der Waals surface area (Å²) in [4.78, 5) is 14.7. The maximum absolute atomic E-state index is 12.7. The summed E-state index contributed by atoms with van der Waals surface area (Å²) in [6, 6.07) is 0.216. The Morgan fingerprint density at radius 3 is 2.57 bits per heavy atom. The van der Waals surface area contributed by atoms with Gasteiger partial charge < -0.3 is 14.7 Å². The van der Waals surface area contributed by atoms with Crippen LogP contribution in [0.25, 0.3) is 0 Å². The van der Waals surface area contributed by atoms with E-state index in [4.69, 9.17) is 4.74 Å². The standard InChI is InChI=1S/C19H33NO3/c1-19(22)12-6-5-10-16(19)17-11-7-13-20(17)18(21)14-23-15-8-3-2-4-9-15/h15-17,22H,2-14H2,1H3/t16-,17+,19+/m1/s1. The average molecular weight is 323 g/mol. The third kappa shape index (κ3) is 4.08. The van der Waals surface area contributed by atoms with Crippen LogP contribution in [0.2, 0.25) is 0 Å². The van der Waals surface area contributed by atoms with Gasteiger partial charge in [0.25, 0.3) is 0 Å². The zero-order chi connectivity index (χ0) is 16.3. The highest BCUT2D eigenvalue weighted by atomic mass is 16.5. The number of ether oxygens (including phenoxy) is 1. The monoisotopic (exact) mass is 323 g/mol. The minimum absolute atomic E-state index is 0.138. The lowest BCUT2D eigenvalue weighted by molar-refractivity contribution is -0.144. The normalized spacial score (nSPS) is 36.3. The topological polar surface area (TPSA) is 49.8 Å². The molecule has 0 bridgehead atoms. The van der Waals surface area contributed by atoms with E-state index in [9.17, 15) is 9.90 Å². The van der Waals surface area contributed by atoms with Crippen LogP contribution in [0.4, 0.5) is 0 Å². The Morgan fingerprint density at radius 2 is 1.83 bits per heavy atom. The molecule has 3 aliphatic rings. The Hall–Kier alpha value is -0.610. The van der Waals surface area contributed by atoms with Crippen LogP contribution in [-0.4, -0.2) is 46.8 Å². The van der Waals surface area contributed by atoms with Crippen molar-refractivity contribution in [3.8, 4) is 0 Å². The molecule has 132 valence electrons. The van der Waals surface area contributed by atoms with Crippen molar-refractivity contribution < 1.29 is 14.6 Å². The molecular formula is C19H33NO3. The van der Waals surface area contributed by atoms with Gasteiger partial charge in [0.05, 0.1) is 11.7 Å². The molecule has 0 spiro atoms. The number of nitrogens with zero attached hydrogens (tertiary/aromatic N) is 1. The van der Waals surface area contributed by atoms with Crippen LogP contribution in [0.15, 0.2) is 0 Å². The van der Waals surface area contributed by atoms with Crippen LogP contribution in [0.5, 0.6) is 0 Å². The number of carbonyl (C=O) groups is 1. The molecule has 4 nitrogen and oxygen atoms in total. The third-order valence-corrected chi connectivity index (χ3v) is 6.33. The van der Waals surface area contributed by atoms with Crippen LogP contribution in [0, 0.1) is 5.92 Å². The van der Waals surface area contributed by atoms with Gasteiger partial charge in [-0.05, 0) is 45.4 Å². The highest BCUT2D eigenvalue weighted by molar-refractivity contribution is 5.78. The first-order valence-corrected chi connectivity index (χ1v) is 9.71. The molecule has 3 atom stereocenters. The molecule has 0 aromatic heterocycles. The molecule has 23 heavy (non-hydrogen) atoms. The van der Waals surface area contributed by atoms with Crippen molar-refractivity contribution in [2.24, 2.45) is 5.92 Å². The molecule has 2 aliphatic carbocycles. The summed E-state index contributed by atoms with van der Waals surface area (Å²) < 4.78 is 5.89. The number of hydrogen-bond acceptors (Lipinski definition) is 3. The molecule has 0 aromatic carbocycles. The lowest BCUT2D eigenvalue weighted by Gasteiger charge is -2.43. The summed E-state index contributed by atoms with van der Waals surface area (Å²) in [7, 11) is 0. The molecule has 3 rings (SSSR count). The van der Waals surface area contributed by atoms with E-state index in [-0.39, 0.29) is 30.6 Å². The molecule has 1 N–H and O–H groups in total. The van der Waals surface area contributed by atoms with E-state index in [1.807, 2.05) is 11.8 Å². The van der Waals surface area contributed by atoms with E-state index in [0.717, 1.165) is 51.5 Å². The Morgan fingerprint density at radius 1 is 1.09 bits per heavy atom. The third-order valence-electron chi connectivity index (χ3n) is 6.33. The summed E-state index contributed by atoms with van der Waals surface area (Å²) in [5.41, 5.74) is -0.615. The van der Waals surface area contributed by atoms with Crippen LogP contribution in [0.1, 0.15) is 77.6 Å². The Bertz CT molecular complexity index is 403. The summed E-state index contributed by atoms with van der Waals surface area (Å²) in [5, 5.41) is 10.8. The fourth-order valence-corrected chi connectivity index (χ4v) is 4.97. The summed E-state index contributed by atoms with van der Waals surface area (Å²) >= 11 is 0. The largest absolute Gasteiger partial charge is 0.390 e. The zero-order valence-corrected chi connectivity index (χ0v) is 14.6. The summed E-state index contributed by atoms with van der Waals surface area (Å²) in [6.45, 7) is 3.04. The molecule has 4 heteroatoms. The van der Waals surface area contributed by atoms with E-state index in [1.165, 1.54) is 25.7 Å². The maximum Gasteiger partial charge on any atom is 0.248 e. The average Bonchev–Trinajstić information content (AvgIpc) is 3.02. The Kier molecular flexibility index (Phi) is 5.63. The number of likely N-dealkylation sites (tertiary alicyclic amines) is 1. The van der Waals surface area contributed by atoms with Crippen molar-refractivity contribution in [2.75, 3.05) is 13.2 Å². The van der Waals surface area contributed by atoms with Crippen LogP contribution in [-0.2, 0) is 9.53 Å². The van der Waals surface area contributed by atoms with Crippen molar-refractivity contribution in [1.29, 1.82) is 0 Å². The molecule has 1 aliphatic heterocycles. The Labute approximate surface area is 140 Å². The van der Waals surface area contributed by atoms with E-state index in [0.29, 0.717) is 0 Å². The lowest BCUT2D eigenvalue weighted by Crippen LogP contribution is -2.51. The second-order valence-corrected chi connectivity index (χ2v) is 8.08. The van der Waals surface area contributed by atoms with Crippen LogP contribution in [0.3, 0.4) is 0 Å². The summed E-state index contributed by atoms with van der Waals surface area (Å²) in [6.07, 6.45) is 12.6. The van der Waals surface area contributed by atoms with Gasteiger partial charge in [0, 0.05) is 18.5 Å². The van der Waals surface area contributed by atoms with Crippen LogP contribution >= 0.6 is 0 Å². The molecule has 0 aromatic rings. The number of amides is 1. The van der Waals surface area contributed by atoms with Gasteiger partial charge in [-0.3, -0.25) is 4.79 Å². The fraction of sp³-hybridized carbons (Fsp3) is 0.947. The molecule has 3 fully saturated rings. The van der Waals surface area contributed by atoms with Crippen LogP contribution < -0.4 is 0 Å².